The van der Waals surface area contributed by atoms with Crippen LogP contribution in [0.5, 0.6) is 0 Å². The van der Waals surface area contributed by atoms with E-state index < -0.39 is 0 Å². The zero-order valence-corrected chi connectivity index (χ0v) is 11.4. The van der Waals surface area contributed by atoms with Crippen molar-refractivity contribution in [3.05, 3.63) is 36.7 Å². The molecule has 102 valence electrons. The summed E-state index contributed by atoms with van der Waals surface area (Å²) in [5.74, 6) is 0.697. The minimum absolute atomic E-state index is 0.0976. The number of rotatable bonds is 4. The summed E-state index contributed by atoms with van der Waals surface area (Å²) in [6.45, 7) is 8.43. The minimum Gasteiger partial charge on any atom is -0.370 e. The second-order valence-corrected chi connectivity index (χ2v) is 5.10. The molecule has 4 heteroatoms. The molecule has 1 fully saturated rings. The minimum atomic E-state index is -0.0976. The Kier molecular flexibility index (Phi) is 4.55. The maximum Gasteiger partial charge on any atom is 0.253 e. The van der Waals surface area contributed by atoms with E-state index in [9.17, 15) is 4.79 Å². The molecule has 1 N–H and O–H groups in total. The Labute approximate surface area is 114 Å². The summed E-state index contributed by atoms with van der Waals surface area (Å²) in [7, 11) is 0. The number of pyridine rings is 1. The van der Waals surface area contributed by atoms with Gasteiger partial charge in [-0.3, -0.25) is 9.78 Å². The summed E-state index contributed by atoms with van der Waals surface area (Å²) in [6, 6.07) is 1.92. The lowest BCUT2D eigenvalue weighted by Crippen LogP contribution is -2.33. The van der Waals surface area contributed by atoms with E-state index in [0.29, 0.717) is 12.1 Å². The van der Waals surface area contributed by atoms with Crippen molar-refractivity contribution in [1.29, 1.82) is 0 Å². The topological polar surface area (TPSA) is 45.2 Å². The van der Waals surface area contributed by atoms with Crippen molar-refractivity contribution >= 4 is 11.6 Å². The molecule has 0 bridgehead atoms. The van der Waals surface area contributed by atoms with Crippen molar-refractivity contribution in [1.82, 2.24) is 10.3 Å². The van der Waals surface area contributed by atoms with E-state index in [2.05, 4.69) is 28.7 Å². The molecule has 2 rings (SSSR count). The van der Waals surface area contributed by atoms with E-state index in [4.69, 9.17) is 0 Å². The Morgan fingerprint density at radius 3 is 2.95 bits per heavy atom. The van der Waals surface area contributed by atoms with E-state index >= 15 is 0 Å². The van der Waals surface area contributed by atoms with E-state index in [1.54, 1.807) is 12.3 Å². The third-order valence-corrected chi connectivity index (χ3v) is 3.54. The molecule has 1 aliphatic heterocycles. The average molecular weight is 259 g/mol. The van der Waals surface area contributed by atoms with Gasteiger partial charge in [0.2, 0.25) is 0 Å². The number of anilines is 1. The molecule has 1 aromatic heterocycles. The van der Waals surface area contributed by atoms with Gasteiger partial charge in [0, 0.05) is 25.8 Å². The lowest BCUT2D eigenvalue weighted by atomic mass is 9.99. The van der Waals surface area contributed by atoms with Crippen LogP contribution in [0.15, 0.2) is 31.1 Å². The maximum absolute atomic E-state index is 11.9. The summed E-state index contributed by atoms with van der Waals surface area (Å²) in [5, 5.41) is 2.77. The van der Waals surface area contributed by atoms with Gasteiger partial charge in [-0.15, -0.1) is 6.58 Å². The highest BCUT2D eigenvalue weighted by Crippen LogP contribution is 2.22. The van der Waals surface area contributed by atoms with E-state index in [-0.39, 0.29) is 5.91 Å². The quantitative estimate of drug-likeness (QED) is 0.843. The first kappa shape index (κ1) is 13.6. The molecule has 1 saturated heterocycles. The molecular weight excluding hydrogens is 238 g/mol. The van der Waals surface area contributed by atoms with Crippen molar-refractivity contribution in [3.63, 3.8) is 0 Å². The van der Waals surface area contributed by atoms with Gasteiger partial charge >= 0.3 is 0 Å². The fourth-order valence-electron chi connectivity index (χ4n) is 2.26. The molecule has 0 saturated carbocycles. The standard InChI is InChI=1S/C15H21N3O/c1-3-6-17-15(19)13-9-14(11-16-10-13)18-7-4-12(2)5-8-18/h3,9-12H,1,4-8H2,2H3,(H,17,19). The summed E-state index contributed by atoms with van der Waals surface area (Å²) in [4.78, 5) is 18.4. The van der Waals surface area contributed by atoms with Crippen LogP contribution in [0.1, 0.15) is 30.1 Å². The second-order valence-electron chi connectivity index (χ2n) is 5.10. The first-order valence-corrected chi connectivity index (χ1v) is 6.80. The highest BCUT2D eigenvalue weighted by atomic mass is 16.1. The average Bonchev–Trinajstić information content (AvgIpc) is 2.45. The van der Waals surface area contributed by atoms with E-state index in [1.807, 2.05) is 12.3 Å². The summed E-state index contributed by atoms with van der Waals surface area (Å²) in [6.07, 6.45) is 7.51. The third-order valence-electron chi connectivity index (χ3n) is 3.54. The van der Waals surface area contributed by atoms with Crippen LogP contribution in [-0.2, 0) is 0 Å². The molecule has 4 nitrogen and oxygen atoms in total. The van der Waals surface area contributed by atoms with Crippen molar-refractivity contribution in [2.45, 2.75) is 19.8 Å². The fourth-order valence-corrected chi connectivity index (χ4v) is 2.26. The Morgan fingerprint density at radius 2 is 2.26 bits per heavy atom. The summed E-state index contributed by atoms with van der Waals surface area (Å²) in [5.41, 5.74) is 1.65. The van der Waals surface area contributed by atoms with Crippen LogP contribution in [0.25, 0.3) is 0 Å². The molecule has 0 aliphatic carbocycles. The van der Waals surface area contributed by atoms with Gasteiger partial charge in [-0.1, -0.05) is 13.0 Å². The van der Waals surface area contributed by atoms with Gasteiger partial charge in [0.05, 0.1) is 17.4 Å². The SMILES string of the molecule is C=CCNC(=O)c1cncc(N2CCC(C)CC2)c1. The Balaban J connectivity index is 2.06. The van der Waals surface area contributed by atoms with Crippen molar-refractivity contribution < 1.29 is 4.79 Å². The van der Waals surface area contributed by atoms with Crippen molar-refractivity contribution in [3.8, 4) is 0 Å². The second kappa shape index (κ2) is 6.36. The number of hydrogen-bond acceptors (Lipinski definition) is 3. The van der Waals surface area contributed by atoms with Gasteiger partial charge in [-0.05, 0) is 24.8 Å². The number of carbonyl (C=O) groups excluding carboxylic acids is 1. The molecule has 0 aromatic carbocycles. The molecular formula is C15H21N3O. The molecule has 19 heavy (non-hydrogen) atoms. The smallest absolute Gasteiger partial charge is 0.253 e. The lowest BCUT2D eigenvalue weighted by Gasteiger charge is -2.32. The zero-order chi connectivity index (χ0) is 13.7. The van der Waals surface area contributed by atoms with Crippen LogP contribution < -0.4 is 10.2 Å². The number of nitrogens with zero attached hydrogens (tertiary/aromatic N) is 2. The van der Waals surface area contributed by atoms with Crippen LogP contribution in [0, 0.1) is 5.92 Å². The molecule has 0 spiro atoms. The van der Waals surface area contributed by atoms with Crippen molar-refractivity contribution in [2.24, 2.45) is 5.92 Å². The van der Waals surface area contributed by atoms with Crippen LogP contribution >= 0.6 is 0 Å². The molecule has 1 amide bonds. The Hall–Kier alpha value is -1.84. The molecule has 2 heterocycles. The third kappa shape index (κ3) is 3.56. The van der Waals surface area contributed by atoms with Crippen LogP contribution in [0.2, 0.25) is 0 Å². The van der Waals surface area contributed by atoms with E-state index in [0.717, 1.165) is 24.7 Å². The first-order chi connectivity index (χ1) is 9.20. The Morgan fingerprint density at radius 1 is 1.53 bits per heavy atom. The van der Waals surface area contributed by atoms with Crippen LogP contribution in [0.4, 0.5) is 5.69 Å². The van der Waals surface area contributed by atoms with Crippen LogP contribution in [0.3, 0.4) is 0 Å². The van der Waals surface area contributed by atoms with Gasteiger partial charge in [0.25, 0.3) is 5.91 Å². The normalized spacial score (nSPS) is 16.2. The highest BCUT2D eigenvalue weighted by Gasteiger charge is 2.17. The fraction of sp³-hybridized carbons (Fsp3) is 0.467. The summed E-state index contributed by atoms with van der Waals surface area (Å²) >= 11 is 0. The number of carbonyl (C=O) groups is 1. The predicted molar refractivity (Wildman–Crippen MR) is 77.4 cm³/mol. The van der Waals surface area contributed by atoms with E-state index in [1.165, 1.54) is 12.8 Å². The van der Waals surface area contributed by atoms with Crippen molar-refractivity contribution in [2.75, 3.05) is 24.5 Å². The molecule has 0 atom stereocenters. The zero-order valence-electron chi connectivity index (χ0n) is 11.4. The lowest BCUT2D eigenvalue weighted by molar-refractivity contribution is 0.0957. The van der Waals surface area contributed by atoms with Gasteiger partial charge in [-0.2, -0.15) is 0 Å². The van der Waals surface area contributed by atoms with Crippen LogP contribution in [-0.4, -0.2) is 30.5 Å². The predicted octanol–water partition coefficient (Wildman–Crippen LogP) is 2.23. The van der Waals surface area contributed by atoms with Gasteiger partial charge < -0.3 is 10.2 Å². The number of nitrogens with one attached hydrogen (secondary N) is 1. The number of aromatic nitrogens is 1. The van der Waals surface area contributed by atoms with Gasteiger partial charge in [0.15, 0.2) is 0 Å². The monoisotopic (exact) mass is 259 g/mol. The first-order valence-electron chi connectivity index (χ1n) is 6.80. The molecule has 0 unspecified atom stereocenters. The number of hydrogen-bond donors (Lipinski definition) is 1. The highest BCUT2D eigenvalue weighted by molar-refractivity contribution is 5.94. The van der Waals surface area contributed by atoms with Gasteiger partial charge in [-0.25, -0.2) is 0 Å². The number of amides is 1. The van der Waals surface area contributed by atoms with Gasteiger partial charge in [0.1, 0.15) is 0 Å². The largest absolute Gasteiger partial charge is 0.370 e. The maximum atomic E-state index is 11.9. The molecule has 1 aliphatic rings. The number of piperidine rings is 1. The summed E-state index contributed by atoms with van der Waals surface area (Å²) < 4.78 is 0. The molecule has 0 radical (unpaired) electrons. The Bertz CT molecular complexity index is 450. The molecule has 1 aromatic rings.